The molecule has 0 bridgehead atoms. The Morgan fingerprint density at radius 1 is 1.09 bits per heavy atom. The van der Waals surface area contributed by atoms with Crippen molar-refractivity contribution in [2.75, 3.05) is 6.54 Å². The van der Waals surface area contributed by atoms with E-state index in [-0.39, 0.29) is 19.1 Å². The lowest BCUT2D eigenvalue weighted by Crippen LogP contribution is -2.30. The van der Waals surface area contributed by atoms with Crippen molar-refractivity contribution in [1.82, 2.24) is 5.32 Å². The zero-order chi connectivity index (χ0) is 15.9. The number of halogens is 1. The van der Waals surface area contributed by atoms with Gasteiger partial charge in [0.2, 0.25) is 0 Å². The lowest BCUT2D eigenvalue weighted by molar-refractivity contribution is -0.143. The number of benzene rings is 2. The standard InChI is InChI=1S/C17H16ClNO3/c1-12-6-8-13(9-7-12)17(21)19-10-16(20)22-11-14-4-2-3-5-15(14)18/h2-9H,10-11H2,1H3,(H,19,21). The minimum absolute atomic E-state index is 0.0823. The van der Waals surface area contributed by atoms with Gasteiger partial charge in [0, 0.05) is 16.1 Å². The molecule has 0 fully saturated rings. The number of carbonyl (C=O) groups excluding carboxylic acids is 2. The van der Waals surface area contributed by atoms with Crippen molar-refractivity contribution >= 4 is 23.5 Å². The quantitative estimate of drug-likeness (QED) is 0.862. The van der Waals surface area contributed by atoms with Crippen molar-refractivity contribution in [3.63, 3.8) is 0 Å². The van der Waals surface area contributed by atoms with E-state index in [1.807, 2.05) is 25.1 Å². The molecule has 0 aromatic heterocycles. The molecular formula is C17H16ClNO3. The third-order valence-electron chi connectivity index (χ3n) is 3.05. The van der Waals surface area contributed by atoms with Gasteiger partial charge < -0.3 is 10.1 Å². The molecule has 0 saturated heterocycles. The molecule has 0 aliphatic carbocycles. The Morgan fingerprint density at radius 3 is 2.45 bits per heavy atom. The number of aryl methyl sites for hydroxylation is 1. The maximum Gasteiger partial charge on any atom is 0.325 e. The number of nitrogens with one attached hydrogen (secondary N) is 1. The van der Waals surface area contributed by atoms with Gasteiger partial charge in [0.05, 0.1) is 0 Å². The lowest BCUT2D eigenvalue weighted by Gasteiger charge is -2.08. The Balaban J connectivity index is 1.79. The third-order valence-corrected chi connectivity index (χ3v) is 3.42. The fourth-order valence-corrected chi connectivity index (χ4v) is 1.97. The van der Waals surface area contributed by atoms with Gasteiger partial charge >= 0.3 is 5.97 Å². The van der Waals surface area contributed by atoms with E-state index in [1.165, 1.54) is 0 Å². The first kappa shape index (κ1) is 16.0. The SMILES string of the molecule is Cc1ccc(C(=O)NCC(=O)OCc2ccccc2Cl)cc1. The predicted octanol–water partition coefficient (Wildman–Crippen LogP) is 3.12. The second kappa shape index (κ2) is 7.61. The highest BCUT2D eigenvalue weighted by Gasteiger charge is 2.09. The van der Waals surface area contributed by atoms with Crippen LogP contribution in [-0.2, 0) is 16.1 Å². The normalized spacial score (nSPS) is 10.1. The van der Waals surface area contributed by atoms with Crippen LogP contribution in [0.3, 0.4) is 0 Å². The predicted molar refractivity (Wildman–Crippen MR) is 84.8 cm³/mol. The zero-order valence-electron chi connectivity index (χ0n) is 12.1. The molecule has 114 valence electrons. The molecule has 1 N–H and O–H groups in total. The van der Waals surface area contributed by atoms with E-state index >= 15 is 0 Å². The summed E-state index contributed by atoms with van der Waals surface area (Å²) in [5, 5.41) is 3.06. The first-order valence-corrected chi connectivity index (χ1v) is 7.18. The summed E-state index contributed by atoms with van der Waals surface area (Å²) >= 11 is 5.97. The molecule has 0 radical (unpaired) electrons. The lowest BCUT2D eigenvalue weighted by atomic mass is 10.1. The molecule has 0 aliphatic rings. The summed E-state index contributed by atoms with van der Waals surface area (Å²) in [6, 6.07) is 14.2. The van der Waals surface area contributed by atoms with Crippen LogP contribution in [-0.4, -0.2) is 18.4 Å². The second-order valence-electron chi connectivity index (χ2n) is 4.80. The van der Waals surface area contributed by atoms with Gasteiger partial charge in [-0.25, -0.2) is 0 Å². The summed E-state index contributed by atoms with van der Waals surface area (Å²) in [7, 11) is 0. The smallest absolute Gasteiger partial charge is 0.325 e. The van der Waals surface area contributed by atoms with Crippen LogP contribution in [0, 0.1) is 6.92 Å². The van der Waals surface area contributed by atoms with Crippen molar-refractivity contribution < 1.29 is 14.3 Å². The Bertz CT molecular complexity index is 668. The van der Waals surface area contributed by atoms with Gasteiger partial charge in [-0.2, -0.15) is 0 Å². The molecule has 2 aromatic carbocycles. The molecular weight excluding hydrogens is 302 g/mol. The van der Waals surface area contributed by atoms with E-state index in [2.05, 4.69) is 5.32 Å². The van der Waals surface area contributed by atoms with Gasteiger partial charge in [0.15, 0.2) is 0 Å². The molecule has 0 spiro atoms. The van der Waals surface area contributed by atoms with Crippen LogP contribution < -0.4 is 5.32 Å². The number of hydrogen-bond donors (Lipinski definition) is 1. The highest BCUT2D eigenvalue weighted by Crippen LogP contribution is 2.15. The topological polar surface area (TPSA) is 55.4 Å². The maximum atomic E-state index is 11.8. The van der Waals surface area contributed by atoms with E-state index in [0.29, 0.717) is 10.6 Å². The fraction of sp³-hybridized carbons (Fsp3) is 0.176. The van der Waals surface area contributed by atoms with Crippen molar-refractivity contribution in [2.24, 2.45) is 0 Å². The van der Waals surface area contributed by atoms with Crippen molar-refractivity contribution in [1.29, 1.82) is 0 Å². The first-order chi connectivity index (χ1) is 10.6. The van der Waals surface area contributed by atoms with Crippen LogP contribution in [0.5, 0.6) is 0 Å². The summed E-state index contributed by atoms with van der Waals surface area (Å²) in [6.07, 6.45) is 0. The van der Waals surface area contributed by atoms with E-state index in [1.54, 1.807) is 30.3 Å². The Labute approximate surface area is 134 Å². The van der Waals surface area contributed by atoms with Crippen molar-refractivity contribution in [2.45, 2.75) is 13.5 Å². The van der Waals surface area contributed by atoms with Crippen LogP contribution in [0.1, 0.15) is 21.5 Å². The molecule has 5 heteroatoms. The fourth-order valence-electron chi connectivity index (χ4n) is 1.78. The monoisotopic (exact) mass is 317 g/mol. The Morgan fingerprint density at radius 2 is 1.77 bits per heavy atom. The number of rotatable bonds is 5. The van der Waals surface area contributed by atoms with Crippen molar-refractivity contribution in [3.8, 4) is 0 Å². The minimum atomic E-state index is -0.514. The largest absolute Gasteiger partial charge is 0.459 e. The van der Waals surface area contributed by atoms with Crippen LogP contribution in [0.25, 0.3) is 0 Å². The van der Waals surface area contributed by atoms with Crippen LogP contribution in [0.4, 0.5) is 0 Å². The molecule has 0 atom stereocenters. The maximum absolute atomic E-state index is 11.8. The first-order valence-electron chi connectivity index (χ1n) is 6.80. The highest BCUT2D eigenvalue weighted by atomic mass is 35.5. The van der Waals surface area contributed by atoms with Gasteiger partial charge in [-0.15, -0.1) is 0 Å². The summed E-state index contributed by atoms with van der Waals surface area (Å²) in [5.74, 6) is -0.824. The van der Waals surface area contributed by atoms with E-state index in [9.17, 15) is 9.59 Å². The summed E-state index contributed by atoms with van der Waals surface area (Å²) < 4.78 is 5.08. The second-order valence-corrected chi connectivity index (χ2v) is 5.21. The number of hydrogen-bond acceptors (Lipinski definition) is 3. The molecule has 2 aromatic rings. The third kappa shape index (κ3) is 4.60. The average molecular weight is 318 g/mol. The van der Waals surface area contributed by atoms with Gasteiger partial charge in [-0.3, -0.25) is 9.59 Å². The van der Waals surface area contributed by atoms with Crippen LogP contribution in [0.2, 0.25) is 5.02 Å². The number of carbonyl (C=O) groups is 2. The zero-order valence-corrected chi connectivity index (χ0v) is 12.9. The van der Waals surface area contributed by atoms with Gasteiger partial charge in [0.25, 0.3) is 5.91 Å². The molecule has 2 rings (SSSR count). The van der Waals surface area contributed by atoms with Gasteiger partial charge in [0.1, 0.15) is 13.2 Å². The van der Waals surface area contributed by atoms with Crippen molar-refractivity contribution in [3.05, 3.63) is 70.2 Å². The number of amides is 1. The summed E-state index contributed by atoms with van der Waals surface area (Å²) in [4.78, 5) is 23.5. The van der Waals surface area contributed by atoms with Crippen LogP contribution >= 0.6 is 11.6 Å². The highest BCUT2D eigenvalue weighted by molar-refractivity contribution is 6.31. The Kier molecular flexibility index (Phi) is 5.55. The van der Waals surface area contributed by atoms with Gasteiger partial charge in [-0.1, -0.05) is 47.5 Å². The summed E-state index contributed by atoms with van der Waals surface area (Å²) in [5.41, 5.74) is 2.29. The van der Waals surface area contributed by atoms with E-state index < -0.39 is 5.97 Å². The van der Waals surface area contributed by atoms with Crippen LogP contribution in [0.15, 0.2) is 48.5 Å². The molecule has 0 heterocycles. The molecule has 1 amide bonds. The summed E-state index contributed by atoms with van der Waals surface area (Å²) in [6.45, 7) is 1.84. The minimum Gasteiger partial charge on any atom is -0.459 e. The molecule has 0 aliphatic heterocycles. The van der Waals surface area contributed by atoms with E-state index in [4.69, 9.17) is 16.3 Å². The number of ether oxygens (including phenoxy) is 1. The molecule has 0 unspecified atom stereocenters. The Hall–Kier alpha value is -2.33. The molecule has 22 heavy (non-hydrogen) atoms. The number of esters is 1. The van der Waals surface area contributed by atoms with Gasteiger partial charge in [-0.05, 0) is 25.1 Å². The average Bonchev–Trinajstić information content (AvgIpc) is 2.52. The molecule has 4 nitrogen and oxygen atoms in total. The van der Waals surface area contributed by atoms with E-state index in [0.717, 1.165) is 11.1 Å². The molecule has 0 saturated carbocycles.